The molecule has 147 heavy (non-hydrogen) atoms. The lowest BCUT2D eigenvalue weighted by Gasteiger charge is -2.30. The maximum Gasteiger partial charge on any atom is 0.805 e. The molecule has 5 aromatic heterocycles. The number of nitrogens with two attached hydrogens (primary N) is 5. The van der Waals surface area contributed by atoms with E-state index in [0.717, 1.165) is 20.3 Å². The van der Waals surface area contributed by atoms with Gasteiger partial charge >= 0.3 is 52.2 Å². The van der Waals surface area contributed by atoms with Crippen molar-refractivity contribution in [2.75, 3.05) is 61.7 Å². The van der Waals surface area contributed by atoms with E-state index in [1.807, 2.05) is 48.5 Å². The second-order valence-corrected chi connectivity index (χ2v) is 41.8. The van der Waals surface area contributed by atoms with Gasteiger partial charge in [-0.15, -0.1) is 0 Å². The summed E-state index contributed by atoms with van der Waals surface area (Å²) in [6, 6.07) is 41.5. The van der Waals surface area contributed by atoms with Gasteiger partial charge in [-0.05, 0) is 170 Å². The Morgan fingerprint density at radius 3 is 0.925 bits per heavy atom. The van der Waals surface area contributed by atoms with Gasteiger partial charge in [-0.3, -0.25) is 50.5 Å². The number of benzene rings is 4. The maximum absolute atomic E-state index is 13.7. The van der Waals surface area contributed by atoms with Gasteiger partial charge in [0, 0.05) is 35.5 Å². The van der Waals surface area contributed by atoms with Crippen LogP contribution >= 0.6 is 23.7 Å². The Morgan fingerprint density at radius 2 is 0.646 bits per heavy atom. The van der Waals surface area contributed by atoms with Crippen LogP contribution in [0.4, 0.5) is 29.1 Å². The molecule has 0 amide bonds. The van der Waals surface area contributed by atoms with Crippen LogP contribution in [0, 0.1) is 0 Å². The zero-order valence-corrected chi connectivity index (χ0v) is 85.6. The first-order valence-corrected chi connectivity index (χ1v) is 50.3. The molecule has 4 aromatic carbocycles. The van der Waals surface area contributed by atoms with Gasteiger partial charge in [-0.25, -0.2) is 52.3 Å². The number of carbonyl (C=O) groups is 2. The fourth-order valence-electron chi connectivity index (χ4n) is 17.2. The molecule has 51 nitrogen and oxygen atoms in total. The minimum Gasteiger partial charge on any atom is -0.394 e. The molecule has 19 N–H and O–H groups in total. The smallest absolute Gasteiger partial charge is 0.394 e. The third-order valence-electron chi connectivity index (χ3n) is 24.4. The number of nitrogen functional groups attached to an aromatic ring is 5. The van der Waals surface area contributed by atoms with Crippen LogP contribution in [0.25, 0.3) is 0 Å². The van der Waals surface area contributed by atoms with Gasteiger partial charge in [-0.2, -0.15) is 24.9 Å². The Balaban J connectivity index is 0.000000161. The number of nitrogens with one attached hydrogen (secondary N) is 2. The monoisotopic (exact) mass is 2120 g/mol. The van der Waals surface area contributed by atoms with Crippen molar-refractivity contribution in [3.05, 3.63) is 246 Å². The lowest BCUT2D eigenvalue weighted by Crippen LogP contribution is -2.46. The highest BCUT2D eigenvalue weighted by molar-refractivity contribution is 7.52. The van der Waals surface area contributed by atoms with Crippen LogP contribution in [-0.2, 0) is 107 Å². The van der Waals surface area contributed by atoms with Crippen LogP contribution in [0.1, 0.15) is 146 Å². The summed E-state index contributed by atoms with van der Waals surface area (Å²) in [6.45, 7) is 22.7. The summed E-state index contributed by atoms with van der Waals surface area (Å²) in [5.41, 5.74) is 19.3. The number of nitrogens with zero attached hydrogens (tertiary/aromatic N) is 10. The first kappa shape index (κ1) is 115. The molecule has 800 valence electrons. The molecular weight excluding hydrogens is 1990 g/mol. The predicted molar refractivity (Wildman–Crippen MR) is 522 cm³/mol. The van der Waals surface area contributed by atoms with Gasteiger partial charge in [0.15, 0.2) is 60.0 Å². The fourth-order valence-corrected chi connectivity index (χ4v) is 20.9. The molecule has 13 heterocycles. The van der Waals surface area contributed by atoms with Crippen molar-refractivity contribution in [2.24, 2.45) is 0 Å². The number of rotatable bonds is 30. The minimum absolute atomic E-state index is 0.00974. The molecule has 17 rings (SSSR count). The van der Waals surface area contributed by atoms with Crippen LogP contribution in [-0.4, -0.2) is 247 Å². The molecule has 0 saturated carbocycles. The number of carbonyl (C=O) groups excluding carboxylic acids is 2. The summed E-state index contributed by atoms with van der Waals surface area (Å²) in [5.74, 6) is -1.71. The van der Waals surface area contributed by atoms with Crippen molar-refractivity contribution in [2.45, 2.75) is 267 Å². The highest BCUT2D eigenvalue weighted by Gasteiger charge is 2.68. The molecule has 8 aliphatic heterocycles. The average molecular weight is 2120 g/mol. The highest BCUT2D eigenvalue weighted by Crippen LogP contribution is 2.56. The molecule has 0 aliphatic carbocycles. The van der Waals surface area contributed by atoms with Gasteiger partial charge in [0.05, 0.1) is 58.3 Å². The molecular formula is C93H125N17O34P3+. The van der Waals surface area contributed by atoms with Crippen molar-refractivity contribution in [1.29, 1.82) is 0 Å². The van der Waals surface area contributed by atoms with Crippen LogP contribution in [0.2, 0.25) is 0 Å². The zero-order valence-electron chi connectivity index (χ0n) is 82.9. The lowest BCUT2D eigenvalue weighted by molar-refractivity contribution is -0.218. The Hall–Kier alpha value is -11.2. The number of ether oxygens (including phenoxy) is 11. The van der Waals surface area contributed by atoms with Gasteiger partial charge < -0.3 is 117 Å². The van der Waals surface area contributed by atoms with E-state index < -0.39 is 215 Å². The first-order valence-electron chi connectivity index (χ1n) is 46.1. The van der Waals surface area contributed by atoms with E-state index in [0.29, 0.717) is 11.5 Å². The zero-order chi connectivity index (χ0) is 108. The molecule has 54 heteroatoms. The largest absolute Gasteiger partial charge is 0.805 e. The molecule has 0 spiro atoms. The van der Waals surface area contributed by atoms with E-state index in [-0.39, 0.29) is 73.7 Å². The summed E-state index contributed by atoms with van der Waals surface area (Å²) in [7, 11) is -10.2. The molecule has 0 radical (unpaired) electrons. The SMILES string of the molecule is CC(=O)[C@H](C)NP(=O)(OCc1ccccc1)OC[C@H]1O[C@@H](n2ccc(N)nc2=O)[C@](C)(O)[C@@H]1O.CC(=O)[C@H](C)NP(=O)(OCc1ccccc1)OC[C@H]1O[C@@H](n2ccc(N)nc2=O)[C@]2(C)OC(C)(C)O[C@H]12.CC1(C)O[C@@H]2[C@@H](CO)O[C@@H](n3ccc(N)nc3=O)[C@]2(C)O1.CC1(C)O[C@@H]2[C@@H](CO)O[C@@H](n3ccc(N)nc3=O)[C@]2(C)O1.C[C@@]1(O)[C@H](O)[C@@H](CO)O[C@H]1n1ccc(N)nc1=O.O=[P+](Oc1ccccc1)Oc1ccccc1. The Kier molecular flexibility index (Phi) is 36.6. The Bertz CT molecular complexity index is 6310. The first-order chi connectivity index (χ1) is 69.0. The van der Waals surface area contributed by atoms with Crippen LogP contribution in [0.5, 0.6) is 11.5 Å². The number of fused-ring (bicyclic) bond motifs is 3. The van der Waals surface area contributed by atoms with Gasteiger partial charge in [0.25, 0.3) is 0 Å². The number of para-hydroxylation sites is 2. The van der Waals surface area contributed by atoms with Crippen LogP contribution in [0.15, 0.2) is 207 Å². The summed E-state index contributed by atoms with van der Waals surface area (Å²) < 4.78 is 142. The topological polar surface area (TPSA) is 712 Å². The normalized spacial score (nSPS) is 29.8. The predicted octanol–water partition coefficient (Wildman–Crippen LogP) is 4.16. The lowest BCUT2D eigenvalue weighted by atomic mass is 9.96. The Morgan fingerprint density at radius 1 is 0.395 bits per heavy atom. The van der Waals surface area contributed by atoms with E-state index >= 15 is 0 Å². The second kappa shape index (κ2) is 46.9. The van der Waals surface area contributed by atoms with Crippen LogP contribution in [0.3, 0.4) is 0 Å². The van der Waals surface area contributed by atoms with Crippen molar-refractivity contribution in [1.82, 2.24) is 57.9 Å². The number of anilines is 5. The summed E-state index contributed by atoms with van der Waals surface area (Å²) in [6.07, 6.45) is -6.38. The van der Waals surface area contributed by atoms with E-state index in [2.05, 4.69) is 35.1 Å². The van der Waals surface area contributed by atoms with E-state index in [4.69, 9.17) is 113 Å². The van der Waals surface area contributed by atoms with E-state index in [1.54, 1.807) is 142 Å². The molecule has 0 bridgehead atoms. The number of ketones is 2. The number of hydrogen-bond donors (Lipinski definition) is 14. The fraction of sp³-hybridized carbons (Fsp3) is 0.505. The molecule has 24 atom stereocenters. The third kappa shape index (κ3) is 27.4. The second-order valence-electron chi connectivity index (χ2n) is 37.5. The molecule has 8 saturated heterocycles. The number of aliphatic hydroxyl groups is 7. The average Bonchev–Trinajstić information content (AvgIpc) is 1.57. The van der Waals surface area contributed by atoms with Crippen molar-refractivity contribution >= 4 is 64.4 Å². The summed E-state index contributed by atoms with van der Waals surface area (Å²) in [5, 5.41) is 74.7. The van der Waals surface area contributed by atoms with Crippen molar-refractivity contribution in [3.8, 4) is 11.5 Å². The van der Waals surface area contributed by atoms with Gasteiger partial charge in [0.1, 0.15) is 130 Å². The summed E-state index contributed by atoms with van der Waals surface area (Å²) >= 11 is 0. The number of aromatic nitrogens is 10. The Labute approximate surface area is 842 Å². The molecule has 8 fully saturated rings. The van der Waals surface area contributed by atoms with Gasteiger partial charge in [-0.1, -0.05) is 97.1 Å². The van der Waals surface area contributed by atoms with Gasteiger partial charge in [0.2, 0.25) is 0 Å². The molecule has 9 aromatic rings. The van der Waals surface area contributed by atoms with Crippen molar-refractivity contribution in [3.63, 3.8) is 0 Å². The quantitative estimate of drug-likeness (QED) is 0.0281. The minimum atomic E-state index is -4.06. The van der Waals surface area contributed by atoms with E-state index in [9.17, 15) is 77.9 Å². The maximum atomic E-state index is 13.7. The number of aliphatic hydroxyl groups excluding tert-OH is 5. The number of hydrogen-bond acceptors (Lipinski definition) is 44. The third-order valence-corrected chi connectivity index (χ3v) is 28.4. The summed E-state index contributed by atoms with van der Waals surface area (Å²) in [4.78, 5) is 102. The van der Waals surface area contributed by atoms with E-state index in [1.165, 1.54) is 110 Å². The van der Waals surface area contributed by atoms with Crippen LogP contribution < -0.4 is 76.3 Å². The number of Topliss-reactive ketones (excluding diaryl/α,β-unsaturated/α-hetero) is 2. The standard InChI is InChI=1S/C24H33N4O8P.C21H29N4O8P.2C13H19N3O5.C12H10O3P.C10H15N3O5/c1-15(16(2)29)27-37(31,32-13-17-9-7-6-8-10-17)33-14-18-20-24(5,36-23(3,4)35-20)21(34-18)28-12-11-19(25)26-22(28)30;1-13(14(2)26)24-34(30,31-11-15-7-5-4-6-8-15)32-12-16-18(27)21(3,29)19(33-16)25-10-9-17(22)23-20(25)28;2*1-12(2)20-9-7(6-17)19-10(13(9,3)21-12)16-5-4-8(14)15-11(16)18;13-16(14-11-7-3-1-4-8-11)15-12-9-5-2-6-10-12;1-10(17)7(15)5(4-14)18-8(10)13-3-2-6(11)12-9(13)16/h6-12,15,18,20-21H,13-14H2,1-5H3,(H,27,31)(H2,25,26,30);4-10,13,16,18-19,27,29H,11-12H2,1-3H3,(H,24,30)(H2,22,23,28);2*4-5,7,9-10,17H,6H2,1-3H3,(H2,14,15,18);1-10H;2-3,5,7-8,14-15,17H,4H2,1H3,(H2,11,12,16)/q;;;;+1;/t15-,18+,20+,21+,24+,37?;13-,16+,18+,19+,21+,34?;2*7-,9-,10-,13-;;5-,7-,8-,10-/m0011.1/s1. The molecule has 8 aliphatic rings. The van der Waals surface area contributed by atoms with Crippen molar-refractivity contribution < 1.29 is 138 Å². The molecule has 2 unspecified atom stereocenters. The highest BCUT2D eigenvalue weighted by atomic mass is 31.2.